The zero-order valence-electron chi connectivity index (χ0n) is 24.5. The molecule has 1 fully saturated rings. The number of fused-ring (bicyclic) bond motifs is 1. The Labute approximate surface area is 232 Å². The molecule has 2 aliphatic carbocycles. The molecule has 0 aromatic carbocycles. The standard InChI is InChI=1S/C30H47N3O6/c1-6-32(7-2)29(37)39-21(3)38-28(36)30(4,5)31-26(34)24-19-23-17-13-8-9-14-18-25(23)33(27(24)35)20-22-15-11-10-12-16-22/h19,21-22H,6-18,20H2,1-5H3,(H,31,34). The minimum atomic E-state index is -1.45. The maximum Gasteiger partial charge on any atom is 0.412 e. The highest BCUT2D eigenvalue weighted by Crippen LogP contribution is 2.27. The smallest absolute Gasteiger partial charge is 0.412 e. The molecule has 1 aromatic heterocycles. The summed E-state index contributed by atoms with van der Waals surface area (Å²) >= 11 is 0. The molecule has 3 rings (SSSR count). The van der Waals surface area contributed by atoms with E-state index in [4.69, 9.17) is 9.47 Å². The van der Waals surface area contributed by atoms with Crippen molar-refractivity contribution in [3.63, 3.8) is 0 Å². The number of rotatable bonds is 9. The second-order valence-corrected chi connectivity index (χ2v) is 11.5. The van der Waals surface area contributed by atoms with E-state index in [0.717, 1.165) is 62.6 Å². The van der Waals surface area contributed by atoms with Crippen molar-refractivity contribution in [2.24, 2.45) is 5.92 Å². The normalized spacial score (nSPS) is 17.3. The van der Waals surface area contributed by atoms with E-state index in [0.29, 0.717) is 25.6 Å². The molecule has 9 heteroatoms. The van der Waals surface area contributed by atoms with Gasteiger partial charge in [0, 0.05) is 32.3 Å². The second-order valence-electron chi connectivity index (χ2n) is 11.5. The van der Waals surface area contributed by atoms with E-state index in [1.165, 1.54) is 44.9 Å². The van der Waals surface area contributed by atoms with Gasteiger partial charge in [0.15, 0.2) is 0 Å². The molecule has 1 saturated carbocycles. The highest BCUT2D eigenvalue weighted by molar-refractivity contribution is 5.97. The van der Waals surface area contributed by atoms with Gasteiger partial charge in [-0.15, -0.1) is 0 Å². The Bertz CT molecular complexity index is 1070. The van der Waals surface area contributed by atoms with Crippen LogP contribution in [0.25, 0.3) is 0 Å². The lowest BCUT2D eigenvalue weighted by molar-refractivity contribution is -0.172. The van der Waals surface area contributed by atoms with Crippen LogP contribution in [0.3, 0.4) is 0 Å². The predicted molar refractivity (Wildman–Crippen MR) is 150 cm³/mol. The molecule has 0 saturated heterocycles. The van der Waals surface area contributed by atoms with Crippen LogP contribution in [0.15, 0.2) is 10.9 Å². The van der Waals surface area contributed by atoms with Crippen LogP contribution in [0.2, 0.25) is 0 Å². The Morgan fingerprint density at radius 2 is 1.62 bits per heavy atom. The number of carbonyl (C=O) groups is 3. The summed E-state index contributed by atoms with van der Waals surface area (Å²) < 4.78 is 12.4. The number of esters is 1. The van der Waals surface area contributed by atoms with Gasteiger partial charge < -0.3 is 24.3 Å². The Hall–Kier alpha value is -2.84. The van der Waals surface area contributed by atoms with Gasteiger partial charge in [0.1, 0.15) is 11.1 Å². The fourth-order valence-corrected chi connectivity index (χ4v) is 5.64. The molecule has 0 spiro atoms. The number of carbonyl (C=O) groups excluding carboxylic acids is 3. The molecule has 1 unspecified atom stereocenters. The Kier molecular flexibility index (Phi) is 11.0. The summed E-state index contributed by atoms with van der Waals surface area (Å²) in [7, 11) is 0. The first-order valence-electron chi connectivity index (χ1n) is 14.8. The number of nitrogens with zero attached hydrogens (tertiary/aromatic N) is 2. The molecule has 2 amide bonds. The summed E-state index contributed by atoms with van der Waals surface area (Å²) in [5.74, 6) is -0.919. The minimum absolute atomic E-state index is 0.0621. The molecule has 39 heavy (non-hydrogen) atoms. The Morgan fingerprint density at radius 1 is 1.00 bits per heavy atom. The fraction of sp³-hybridized carbons (Fsp3) is 0.733. The van der Waals surface area contributed by atoms with Gasteiger partial charge in [0.2, 0.25) is 6.29 Å². The summed E-state index contributed by atoms with van der Waals surface area (Å²) in [6, 6.07) is 1.74. The molecule has 0 bridgehead atoms. The van der Waals surface area contributed by atoms with Gasteiger partial charge in [-0.25, -0.2) is 9.59 Å². The maximum absolute atomic E-state index is 13.8. The van der Waals surface area contributed by atoms with Gasteiger partial charge >= 0.3 is 12.1 Å². The number of aromatic nitrogens is 1. The fourth-order valence-electron chi connectivity index (χ4n) is 5.64. The average Bonchev–Trinajstić information content (AvgIpc) is 2.87. The summed E-state index contributed by atoms with van der Waals surface area (Å²) in [6.45, 7) is 9.72. The maximum atomic E-state index is 13.8. The number of nitrogens with one attached hydrogen (secondary N) is 1. The van der Waals surface area contributed by atoms with E-state index < -0.39 is 29.8 Å². The van der Waals surface area contributed by atoms with Crippen molar-refractivity contribution in [3.05, 3.63) is 33.2 Å². The number of hydrogen-bond acceptors (Lipinski definition) is 6. The summed E-state index contributed by atoms with van der Waals surface area (Å²) in [5, 5.41) is 2.70. The van der Waals surface area contributed by atoms with Crippen LogP contribution in [-0.4, -0.2) is 52.4 Å². The van der Waals surface area contributed by atoms with Gasteiger partial charge in [0.05, 0.1) is 0 Å². The van der Waals surface area contributed by atoms with Crippen LogP contribution in [0.5, 0.6) is 0 Å². The van der Waals surface area contributed by atoms with Gasteiger partial charge in [-0.1, -0.05) is 32.1 Å². The highest BCUT2D eigenvalue weighted by Gasteiger charge is 2.35. The van der Waals surface area contributed by atoms with Crippen molar-refractivity contribution < 1.29 is 23.9 Å². The predicted octanol–water partition coefficient (Wildman–Crippen LogP) is 4.96. The van der Waals surface area contributed by atoms with Gasteiger partial charge in [0.25, 0.3) is 11.5 Å². The van der Waals surface area contributed by atoms with E-state index in [1.807, 2.05) is 18.4 Å². The number of pyridine rings is 1. The quantitative estimate of drug-likeness (QED) is 0.347. The lowest BCUT2D eigenvalue weighted by Crippen LogP contribution is -2.53. The van der Waals surface area contributed by atoms with Crippen LogP contribution < -0.4 is 10.9 Å². The molecule has 1 aromatic rings. The van der Waals surface area contributed by atoms with Crippen LogP contribution in [0.1, 0.15) is 114 Å². The van der Waals surface area contributed by atoms with Crippen molar-refractivity contribution >= 4 is 18.0 Å². The Balaban J connectivity index is 1.80. The van der Waals surface area contributed by atoms with Gasteiger partial charge in [-0.2, -0.15) is 0 Å². The Morgan fingerprint density at radius 3 is 2.26 bits per heavy atom. The van der Waals surface area contributed by atoms with Crippen LogP contribution >= 0.6 is 0 Å². The van der Waals surface area contributed by atoms with Gasteiger partial charge in [-0.05, 0) is 83.8 Å². The minimum Gasteiger partial charge on any atom is -0.424 e. The summed E-state index contributed by atoms with van der Waals surface area (Å²) in [5.41, 5.74) is 0.463. The molecule has 0 aliphatic heterocycles. The zero-order valence-corrected chi connectivity index (χ0v) is 24.5. The van der Waals surface area contributed by atoms with Crippen molar-refractivity contribution in [2.45, 2.75) is 124 Å². The largest absolute Gasteiger partial charge is 0.424 e. The summed E-state index contributed by atoms with van der Waals surface area (Å²) in [4.78, 5) is 53.8. The van der Waals surface area contributed by atoms with Crippen LogP contribution in [0.4, 0.5) is 4.79 Å². The second kappa shape index (κ2) is 14.0. The topological polar surface area (TPSA) is 107 Å². The molecular weight excluding hydrogens is 498 g/mol. The number of amides is 2. The lowest BCUT2D eigenvalue weighted by Gasteiger charge is -2.28. The SMILES string of the molecule is CCN(CC)C(=O)OC(C)OC(=O)C(C)(C)NC(=O)c1cc2c(n(CC3CCCCC3)c1=O)CCCCCC2. The molecule has 2 aliphatic rings. The van der Waals surface area contributed by atoms with E-state index in [2.05, 4.69) is 5.32 Å². The van der Waals surface area contributed by atoms with Gasteiger partial charge in [-0.3, -0.25) is 9.59 Å². The van der Waals surface area contributed by atoms with E-state index >= 15 is 0 Å². The molecule has 9 nitrogen and oxygen atoms in total. The van der Waals surface area contributed by atoms with E-state index in [-0.39, 0.29) is 11.1 Å². The first kappa shape index (κ1) is 30.7. The zero-order chi connectivity index (χ0) is 28.6. The number of hydrogen-bond donors (Lipinski definition) is 1. The lowest BCUT2D eigenvalue weighted by atomic mass is 9.88. The first-order chi connectivity index (χ1) is 18.6. The average molecular weight is 546 g/mol. The van der Waals surface area contributed by atoms with Crippen molar-refractivity contribution in [3.8, 4) is 0 Å². The first-order valence-corrected chi connectivity index (χ1v) is 14.8. The number of ether oxygens (including phenoxy) is 2. The highest BCUT2D eigenvalue weighted by atomic mass is 16.7. The molecule has 1 atom stereocenters. The monoisotopic (exact) mass is 545 g/mol. The van der Waals surface area contributed by atoms with E-state index in [1.54, 1.807) is 6.07 Å². The third-order valence-corrected chi connectivity index (χ3v) is 8.01. The number of aryl methyl sites for hydroxylation is 1. The molecule has 1 heterocycles. The van der Waals surface area contributed by atoms with E-state index in [9.17, 15) is 19.2 Å². The molecule has 0 radical (unpaired) electrons. The third kappa shape index (κ3) is 8.08. The summed E-state index contributed by atoms with van der Waals surface area (Å²) in [6.07, 6.45) is 10.1. The molecular formula is C30H47N3O6. The van der Waals surface area contributed by atoms with Crippen LogP contribution in [-0.2, 0) is 33.7 Å². The molecule has 218 valence electrons. The third-order valence-electron chi connectivity index (χ3n) is 8.01. The van der Waals surface area contributed by atoms with Crippen molar-refractivity contribution in [1.82, 2.24) is 14.8 Å². The van der Waals surface area contributed by atoms with Crippen LogP contribution in [0, 0.1) is 5.92 Å². The van der Waals surface area contributed by atoms with Crippen molar-refractivity contribution in [2.75, 3.05) is 13.1 Å². The molecule has 1 N–H and O–H groups in total. The van der Waals surface area contributed by atoms with Crippen molar-refractivity contribution in [1.29, 1.82) is 0 Å².